The van der Waals surface area contributed by atoms with Crippen molar-refractivity contribution in [3.63, 3.8) is 0 Å². The highest BCUT2D eigenvalue weighted by molar-refractivity contribution is 6.30. The molecule has 0 spiro atoms. The maximum Gasteiger partial charge on any atom is 0.132 e. The van der Waals surface area contributed by atoms with Crippen molar-refractivity contribution >= 4 is 17.4 Å². The van der Waals surface area contributed by atoms with E-state index in [1.165, 1.54) is 12.3 Å². The van der Waals surface area contributed by atoms with Gasteiger partial charge in [-0.2, -0.15) is 0 Å². The Kier molecular flexibility index (Phi) is 3.26. The summed E-state index contributed by atoms with van der Waals surface area (Å²) in [7, 11) is 0. The summed E-state index contributed by atoms with van der Waals surface area (Å²) in [5, 5.41) is 9.56. The van der Waals surface area contributed by atoms with Gasteiger partial charge in [0.1, 0.15) is 11.6 Å². The molecule has 0 fully saturated rings. The largest absolute Gasteiger partial charge is 0.392 e. The number of anilines is 1. The van der Waals surface area contributed by atoms with E-state index >= 15 is 0 Å². The Morgan fingerprint density at radius 1 is 1.29 bits per heavy atom. The fourth-order valence-electron chi connectivity index (χ4n) is 1.64. The average Bonchev–Trinajstić information content (AvgIpc) is 2.29. The fraction of sp³-hybridized carbons (Fsp3) is 0.0833. The van der Waals surface area contributed by atoms with Crippen LogP contribution in [0.5, 0.6) is 0 Å². The number of aromatic nitrogens is 1. The summed E-state index contributed by atoms with van der Waals surface area (Å²) < 4.78 is 13.8. The molecule has 5 heteroatoms. The van der Waals surface area contributed by atoms with E-state index in [0.717, 1.165) is 0 Å². The van der Waals surface area contributed by atoms with Gasteiger partial charge in [0.05, 0.1) is 6.61 Å². The maximum absolute atomic E-state index is 13.8. The number of hydrogen-bond donors (Lipinski definition) is 2. The molecule has 0 atom stereocenters. The first-order valence-electron chi connectivity index (χ1n) is 4.93. The molecule has 2 aromatic rings. The monoisotopic (exact) mass is 252 g/mol. The molecule has 0 amide bonds. The number of nitrogens with zero attached hydrogens (tertiary/aromatic N) is 1. The molecule has 0 saturated carbocycles. The Hall–Kier alpha value is -1.65. The molecule has 1 aromatic carbocycles. The summed E-state index contributed by atoms with van der Waals surface area (Å²) in [6.07, 6.45) is 1.47. The first-order valence-corrected chi connectivity index (χ1v) is 5.31. The van der Waals surface area contributed by atoms with Crippen molar-refractivity contribution in [3.8, 4) is 11.1 Å². The Balaban J connectivity index is 2.64. The van der Waals surface area contributed by atoms with E-state index < -0.39 is 5.82 Å². The Labute approximate surface area is 103 Å². The fourth-order valence-corrected chi connectivity index (χ4v) is 1.79. The van der Waals surface area contributed by atoms with Crippen LogP contribution in [0.3, 0.4) is 0 Å². The molecule has 0 aliphatic heterocycles. The highest BCUT2D eigenvalue weighted by Crippen LogP contribution is 2.30. The summed E-state index contributed by atoms with van der Waals surface area (Å²) in [4.78, 5) is 3.85. The number of aliphatic hydroxyl groups excluding tert-OH is 1. The zero-order valence-electron chi connectivity index (χ0n) is 8.82. The summed E-state index contributed by atoms with van der Waals surface area (Å²) in [6.45, 7) is -0.295. The van der Waals surface area contributed by atoms with Gasteiger partial charge in [0, 0.05) is 22.3 Å². The third kappa shape index (κ3) is 2.23. The van der Waals surface area contributed by atoms with E-state index in [0.29, 0.717) is 21.7 Å². The normalized spacial score (nSPS) is 10.5. The highest BCUT2D eigenvalue weighted by Gasteiger charge is 2.12. The molecule has 1 heterocycles. The third-order valence-electron chi connectivity index (χ3n) is 2.47. The number of aliphatic hydroxyl groups is 1. The van der Waals surface area contributed by atoms with Gasteiger partial charge in [-0.1, -0.05) is 11.6 Å². The van der Waals surface area contributed by atoms with Crippen molar-refractivity contribution in [2.75, 3.05) is 5.73 Å². The molecule has 17 heavy (non-hydrogen) atoms. The summed E-state index contributed by atoms with van der Waals surface area (Å²) >= 11 is 5.68. The van der Waals surface area contributed by atoms with Gasteiger partial charge in [0.2, 0.25) is 0 Å². The number of hydrogen-bond acceptors (Lipinski definition) is 3. The number of halogens is 2. The minimum Gasteiger partial charge on any atom is -0.392 e. The lowest BCUT2D eigenvalue weighted by Crippen LogP contribution is -2.00. The first-order chi connectivity index (χ1) is 8.13. The molecule has 0 bridgehead atoms. The zero-order valence-corrected chi connectivity index (χ0v) is 9.58. The predicted molar refractivity (Wildman–Crippen MR) is 65.0 cm³/mol. The minimum absolute atomic E-state index is 0.194. The lowest BCUT2D eigenvalue weighted by molar-refractivity contribution is 0.282. The average molecular weight is 253 g/mol. The SMILES string of the molecule is Nc1nccc(-c2ccc(Cl)cc2F)c1CO. The van der Waals surface area contributed by atoms with Crippen LogP contribution in [0, 0.1) is 5.82 Å². The van der Waals surface area contributed by atoms with Gasteiger partial charge < -0.3 is 10.8 Å². The van der Waals surface area contributed by atoms with E-state index in [-0.39, 0.29) is 12.4 Å². The maximum atomic E-state index is 13.8. The number of benzene rings is 1. The molecule has 2 rings (SSSR count). The number of rotatable bonds is 2. The van der Waals surface area contributed by atoms with E-state index in [2.05, 4.69) is 4.98 Å². The van der Waals surface area contributed by atoms with E-state index in [1.807, 2.05) is 0 Å². The summed E-state index contributed by atoms with van der Waals surface area (Å²) in [5.41, 5.74) is 6.90. The Bertz CT molecular complexity index is 560. The van der Waals surface area contributed by atoms with Crippen molar-refractivity contribution in [3.05, 3.63) is 46.9 Å². The van der Waals surface area contributed by atoms with Crippen molar-refractivity contribution < 1.29 is 9.50 Å². The van der Waals surface area contributed by atoms with Gasteiger partial charge in [0.25, 0.3) is 0 Å². The van der Waals surface area contributed by atoms with Crippen molar-refractivity contribution in [2.45, 2.75) is 6.61 Å². The molecule has 0 unspecified atom stereocenters. The van der Waals surface area contributed by atoms with Gasteiger partial charge in [-0.3, -0.25) is 0 Å². The van der Waals surface area contributed by atoms with Gasteiger partial charge in [-0.15, -0.1) is 0 Å². The number of nitrogen functional groups attached to an aromatic ring is 1. The number of nitrogens with two attached hydrogens (primary N) is 1. The van der Waals surface area contributed by atoms with E-state index in [4.69, 9.17) is 17.3 Å². The lowest BCUT2D eigenvalue weighted by Gasteiger charge is -2.10. The standard InChI is InChI=1S/C12H10ClFN2O/c13-7-1-2-9(11(14)5-7)8-3-4-16-12(15)10(8)6-17/h1-5,17H,6H2,(H2,15,16). The summed E-state index contributed by atoms with van der Waals surface area (Å²) in [6, 6.07) is 5.95. The highest BCUT2D eigenvalue weighted by atomic mass is 35.5. The number of pyridine rings is 1. The Morgan fingerprint density at radius 3 is 2.71 bits per heavy atom. The van der Waals surface area contributed by atoms with Crippen LogP contribution in [-0.4, -0.2) is 10.1 Å². The third-order valence-corrected chi connectivity index (χ3v) is 2.70. The van der Waals surface area contributed by atoms with Crippen LogP contribution in [0.2, 0.25) is 5.02 Å². The molecule has 0 saturated heterocycles. The minimum atomic E-state index is -0.460. The van der Waals surface area contributed by atoms with Crippen LogP contribution in [0.1, 0.15) is 5.56 Å². The van der Waals surface area contributed by atoms with Crippen LogP contribution >= 0.6 is 11.6 Å². The Morgan fingerprint density at radius 2 is 2.06 bits per heavy atom. The van der Waals surface area contributed by atoms with Crippen molar-refractivity contribution in [2.24, 2.45) is 0 Å². The van der Waals surface area contributed by atoms with Gasteiger partial charge >= 0.3 is 0 Å². The molecular weight excluding hydrogens is 243 g/mol. The quantitative estimate of drug-likeness (QED) is 0.864. The first kappa shape index (κ1) is 11.8. The molecular formula is C12H10ClFN2O. The smallest absolute Gasteiger partial charge is 0.132 e. The van der Waals surface area contributed by atoms with Gasteiger partial charge in [-0.05, 0) is 29.8 Å². The van der Waals surface area contributed by atoms with Crippen LogP contribution in [-0.2, 0) is 6.61 Å². The van der Waals surface area contributed by atoms with Crippen LogP contribution in [0.4, 0.5) is 10.2 Å². The van der Waals surface area contributed by atoms with Crippen LogP contribution < -0.4 is 5.73 Å². The van der Waals surface area contributed by atoms with Crippen LogP contribution in [0.15, 0.2) is 30.5 Å². The zero-order chi connectivity index (χ0) is 12.4. The van der Waals surface area contributed by atoms with Crippen LogP contribution in [0.25, 0.3) is 11.1 Å². The molecule has 1 aromatic heterocycles. The molecule has 0 aliphatic carbocycles. The van der Waals surface area contributed by atoms with Gasteiger partial charge in [-0.25, -0.2) is 9.37 Å². The van der Waals surface area contributed by atoms with Gasteiger partial charge in [0.15, 0.2) is 0 Å². The molecule has 0 aliphatic rings. The molecule has 3 N–H and O–H groups in total. The van der Waals surface area contributed by atoms with Crippen molar-refractivity contribution in [1.82, 2.24) is 4.98 Å². The van der Waals surface area contributed by atoms with E-state index in [9.17, 15) is 9.50 Å². The lowest BCUT2D eigenvalue weighted by atomic mass is 10.0. The predicted octanol–water partition coefficient (Wildman–Crippen LogP) is 2.62. The topological polar surface area (TPSA) is 59.1 Å². The van der Waals surface area contributed by atoms with E-state index in [1.54, 1.807) is 18.2 Å². The van der Waals surface area contributed by atoms with Crippen molar-refractivity contribution in [1.29, 1.82) is 0 Å². The second kappa shape index (κ2) is 4.69. The molecule has 3 nitrogen and oxygen atoms in total. The summed E-state index contributed by atoms with van der Waals surface area (Å²) in [5.74, 6) is -0.267. The second-order valence-electron chi connectivity index (χ2n) is 3.50. The molecule has 88 valence electrons. The molecule has 0 radical (unpaired) electrons. The second-order valence-corrected chi connectivity index (χ2v) is 3.94.